The first-order valence-corrected chi connectivity index (χ1v) is 11.4. The zero-order valence-corrected chi connectivity index (χ0v) is 20.5. The average Bonchev–Trinajstić information content (AvgIpc) is 2.70. The molecule has 0 radical (unpaired) electrons. The van der Waals surface area contributed by atoms with Gasteiger partial charge in [0.1, 0.15) is 0 Å². The largest absolute Gasteiger partial charge is 0.478 e. The Kier molecular flexibility index (Phi) is 7.08. The van der Waals surface area contributed by atoms with Crippen LogP contribution in [0.5, 0.6) is 0 Å². The van der Waals surface area contributed by atoms with Gasteiger partial charge in [0.05, 0.1) is 16.8 Å². The van der Waals surface area contributed by atoms with Crippen LogP contribution in [-0.4, -0.2) is 47.7 Å². The number of carboxylic acid groups (broad SMARTS) is 1. The van der Waals surface area contributed by atoms with E-state index in [1.54, 1.807) is 7.05 Å². The summed E-state index contributed by atoms with van der Waals surface area (Å²) < 4.78 is 6.29. The SMILES string of the molecule is CN[C@@](OC(C)(C)C)(C(=O)O)c1c(C)cc2nc(CN(C)C)ccc2c1C1=CCCCC1. The van der Waals surface area contributed by atoms with Gasteiger partial charge in [0.25, 0.3) is 0 Å². The summed E-state index contributed by atoms with van der Waals surface area (Å²) in [5, 5.41) is 14.5. The Bertz CT molecular complexity index is 1040. The number of allylic oxidation sites excluding steroid dienone is 2. The smallest absolute Gasteiger partial charge is 0.356 e. The molecule has 1 heterocycles. The molecule has 3 rings (SSSR count). The minimum atomic E-state index is -1.67. The third-order valence-electron chi connectivity index (χ3n) is 5.80. The summed E-state index contributed by atoms with van der Waals surface area (Å²) in [6.45, 7) is 8.35. The third kappa shape index (κ3) is 4.87. The van der Waals surface area contributed by atoms with Crippen molar-refractivity contribution < 1.29 is 14.6 Å². The number of carboxylic acids is 1. The van der Waals surface area contributed by atoms with Crippen LogP contribution in [0.1, 0.15) is 68.8 Å². The zero-order chi connectivity index (χ0) is 23.7. The summed E-state index contributed by atoms with van der Waals surface area (Å²) in [4.78, 5) is 19.8. The first kappa shape index (κ1) is 24.4. The van der Waals surface area contributed by atoms with Gasteiger partial charge in [-0.1, -0.05) is 12.1 Å². The first-order chi connectivity index (χ1) is 15.0. The Morgan fingerprint density at radius 3 is 2.50 bits per heavy atom. The fourth-order valence-corrected chi connectivity index (χ4v) is 4.66. The molecule has 0 saturated heterocycles. The summed E-state index contributed by atoms with van der Waals surface area (Å²) in [7, 11) is 5.70. The van der Waals surface area contributed by atoms with Crippen molar-refractivity contribution in [2.75, 3.05) is 21.1 Å². The summed E-state index contributed by atoms with van der Waals surface area (Å²) in [6, 6.07) is 6.13. The number of hydrogen-bond donors (Lipinski definition) is 2. The number of fused-ring (bicyclic) bond motifs is 1. The van der Waals surface area contributed by atoms with E-state index in [1.165, 1.54) is 5.57 Å². The van der Waals surface area contributed by atoms with E-state index in [1.807, 2.05) is 53.9 Å². The highest BCUT2D eigenvalue weighted by atomic mass is 16.6. The maximum atomic E-state index is 12.8. The van der Waals surface area contributed by atoms with E-state index in [0.29, 0.717) is 5.56 Å². The van der Waals surface area contributed by atoms with E-state index in [2.05, 4.69) is 22.4 Å². The minimum absolute atomic E-state index is 0.672. The van der Waals surface area contributed by atoms with Gasteiger partial charge in [-0.2, -0.15) is 0 Å². The molecule has 0 fully saturated rings. The van der Waals surface area contributed by atoms with Gasteiger partial charge in [0, 0.05) is 17.5 Å². The number of ether oxygens (including phenoxy) is 1. The number of carbonyl (C=O) groups is 1. The van der Waals surface area contributed by atoms with Gasteiger partial charge in [0.15, 0.2) is 0 Å². The summed E-state index contributed by atoms with van der Waals surface area (Å²) in [5.74, 6) is -1.05. The van der Waals surface area contributed by atoms with Gasteiger partial charge in [-0.05, 0) is 103 Å². The van der Waals surface area contributed by atoms with Crippen LogP contribution in [0.15, 0.2) is 24.3 Å². The number of aromatic nitrogens is 1. The Hall–Kier alpha value is -2.28. The normalized spacial score (nSPS) is 16.8. The highest BCUT2D eigenvalue weighted by Crippen LogP contribution is 2.42. The molecule has 0 unspecified atom stereocenters. The van der Waals surface area contributed by atoms with Gasteiger partial charge in [0.2, 0.25) is 5.72 Å². The van der Waals surface area contributed by atoms with Crippen LogP contribution in [0, 0.1) is 6.92 Å². The number of hydrogen-bond acceptors (Lipinski definition) is 5. The molecule has 6 nitrogen and oxygen atoms in total. The minimum Gasteiger partial charge on any atom is -0.478 e. The Labute approximate surface area is 191 Å². The van der Waals surface area contributed by atoms with E-state index < -0.39 is 17.3 Å². The molecular formula is C26H37N3O3. The van der Waals surface area contributed by atoms with Crippen molar-refractivity contribution in [3.8, 4) is 0 Å². The quantitative estimate of drug-likeness (QED) is 0.602. The predicted molar refractivity (Wildman–Crippen MR) is 130 cm³/mol. The van der Waals surface area contributed by atoms with Crippen LogP contribution >= 0.6 is 0 Å². The molecule has 1 aliphatic rings. The molecule has 2 N–H and O–H groups in total. The zero-order valence-electron chi connectivity index (χ0n) is 20.5. The fraction of sp³-hybridized carbons (Fsp3) is 0.538. The molecule has 6 heteroatoms. The van der Waals surface area contributed by atoms with Gasteiger partial charge in [-0.25, -0.2) is 4.79 Å². The van der Waals surface area contributed by atoms with Crippen molar-refractivity contribution in [2.24, 2.45) is 0 Å². The lowest BCUT2D eigenvalue weighted by molar-refractivity contribution is -0.195. The molecule has 1 atom stereocenters. The van der Waals surface area contributed by atoms with Crippen molar-refractivity contribution in [3.63, 3.8) is 0 Å². The molecule has 1 aromatic carbocycles. The van der Waals surface area contributed by atoms with Gasteiger partial charge in [-0.15, -0.1) is 0 Å². The molecule has 1 aromatic heterocycles. The number of aliphatic carboxylic acids is 1. The molecule has 0 bridgehead atoms. The Morgan fingerprint density at radius 2 is 1.97 bits per heavy atom. The third-order valence-corrected chi connectivity index (χ3v) is 5.80. The number of nitrogens with one attached hydrogen (secondary N) is 1. The number of aryl methyl sites for hydroxylation is 1. The predicted octanol–water partition coefficient (Wildman–Crippen LogP) is 4.83. The van der Waals surface area contributed by atoms with Crippen LogP contribution in [0.25, 0.3) is 16.5 Å². The van der Waals surface area contributed by atoms with Crippen LogP contribution in [0.4, 0.5) is 0 Å². The lowest BCUT2D eigenvalue weighted by Gasteiger charge is -2.39. The fourth-order valence-electron chi connectivity index (χ4n) is 4.66. The van der Waals surface area contributed by atoms with Crippen molar-refractivity contribution >= 4 is 22.4 Å². The van der Waals surface area contributed by atoms with Crippen LogP contribution in [-0.2, 0) is 21.8 Å². The van der Waals surface area contributed by atoms with E-state index in [4.69, 9.17) is 9.72 Å². The van der Waals surface area contributed by atoms with Crippen LogP contribution in [0.2, 0.25) is 0 Å². The maximum absolute atomic E-state index is 12.8. The van der Waals surface area contributed by atoms with Gasteiger partial charge < -0.3 is 14.7 Å². The van der Waals surface area contributed by atoms with Crippen LogP contribution in [0.3, 0.4) is 0 Å². The average molecular weight is 440 g/mol. The number of nitrogens with zero attached hydrogens (tertiary/aromatic N) is 2. The number of benzene rings is 1. The summed E-state index contributed by atoms with van der Waals surface area (Å²) in [6.07, 6.45) is 6.42. The van der Waals surface area contributed by atoms with Crippen molar-refractivity contribution in [1.82, 2.24) is 15.2 Å². The molecule has 32 heavy (non-hydrogen) atoms. The molecule has 1 aliphatic carbocycles. The van der Waals surface area contributed by atoms with Gasteiger partial charge >= 0.3 is 5.97 Å². The van der Waals surface area contributed by atoms with E-state index >= 15 is 0 Å². The topological polar surface area (TPSA) is 74.7 Å². The molecular weight excluding hydrogens is 402 g/mol. The second-order valence-corrected chi connectivity index (χ2v) is 9.98. The summed E-state index contributed by atoms with van der Waals surface area (Å²) in [5.41, 5.74) is 3.19. The summed E-state index contributed by atoms with van der Waals surface area (Å²) >= 11 is 0. The Balaban J connectivity index is 2.39. The molecule has 2 aromatic rings. The monoisotopic (exact) mass is 439 g/mol. The second kappa shape index (κ2) is 9.30. The number of pyridine rings is 1. The first-order valence-electron chi connectivity index (χ1n) is 11.4. The Morgan fingerprint density at radius 1 is 1.25 bits per heavy atom. The molecule has 0 amide bonds. The maximum Gasteiger partial charge on any atom is 0.356 e. The molecule has 174 valence electrons. The van der Waals surface area contributed by atoms with Crippen LogP contribution < -0.4 is 5.32 Å². The van der Waals surface area contributed by atoms with Crippen molar-refractivity contribution in [2.45, 2.75) is 71.2 Å². The van der Waals surface area contributed by atoms with Crippen molar-refractivity contribution in [3.05, 3.63) is 46.7 Å². The van der Waals surface area contributed by atoms with E-state index in [9.17, 15) is 9.90 Å². The lowest BCUT2D eigenvalue weighted by Crippen LogP contribution is -2.54. The lowest BCUT2D eigenvalue weighted by atomic mass is 9.82. The van der Waals surface area contributed by atoms with Gasteiger partial charge in [-0.3, -0.25) is 10.3 Å². The van der Waals surface area contributed by atoms with E-state index in [-0.39, 0.29) is 0 Å². The highest BCUT2D eigenvalue weighted by molar-refractivity contribution is 5.97. The number of likely N-dealkylation sites (N-methyl/N-ethyl adjacent to an activating group) is 1. The highest BCUT2D eigenvalue weighted by Gasteiger charge is 2.47. The second-order valence-electron chi connectivity index (χ2n) is 9.98. The van der Waals surface area contributed by atoms with Crippen molar-refractivity contribution in [1.29, 1.82) is 0 Å². The molecule has 0 saturated carbocycles. The van der Waals surface area contributed by atoms with E-state index in [0.717, 1.165) is 60.0 Å². The standard InChI is InChI=1S/C26H37N3O3/c1-17-15-21-20(14-13-19(28-21)16-29(6)7)22(18-11-9-8-10-12-18)23(17)26(27-5,24(30)31)32-25(2,3)4/h11,13-15,27H,8-10,12,16H2,1-7H3,(H,30,31)/t26-/m0/s1. The molecule has 0 spiro atoms. The molecule has 0 aliphatic heterocycles. The number of rotatable bonds is 7.